The summed E-state index contributed by atoms with van der Waals surface area (Å²) in [6.07, 6.45) is 3.13. The molecule has 84 heavy (non-hydrogen) atoms. The lowest BCUT2D eigenvalue weighted by Crippen LogP contribution is -2.55. The fourth-order valence-corrected chi connectivity index (χ4v) is 10.2. The van der Waals surface area contributed by atoms with Gasteiger partial charge in [-0.15, -0.1) is 0 Å². The van der Waals surface area contributed by atoms with Crippen LogP contribution in [0.15, 0.2) is 29.1 Å². The zero-order valence-corrected chi connectivity index (χ0v) is 48.4. The van der Waals surface area contributed by atoms with E-state index >= 15 is 4.39 Å². The smallest absolute Gasteiger partial charge is 0.343 e. The summed E-state index contributed by atoms with van der Waals surface area (Å²) in [5.41, 5.74) is 1.35. The van der Waals surface area contributed by atoms with Gasteiger partial charge in [-0.3, -0.25) is 38.5 Å². The Morgan fingerprint density at radius 2 is 1.30 bits per heavy atom. The summed E-state index contributed by atoms with van der Waals surface area (Å²) in [5, 5.41) is 23.4. The molecule has 3 aliphatic heterocycles. The molecule has 4 aliphatic rings. The van der Waals surface area contributed by atoms with Crippen LogP contribution in [0.1, 0.15) is 92.8 Å². The number of aryl methyl sites for hydroxylation is 1. The van der Waals surface area contributed by atoms with Crippen LogP contribution < -0.4 is 26.8 Å². The molecular weight excluding hydrogens is 1100 g/mol. The van der Waals surface area contributed by atoms with Gasteiger partial charge in [-0.05, 0) is 61.8 Å². The van der Waals surface area contributed by atoms with Gasteiger partial charge in [0.2, 0.25) is 23.6 Å². The molecule has 0 spiro atoms. The predicted octanol–water partition coefficient (Wildman–Crippen LogP) is 1.23. The first-order valence-electron chi connectivity index (χ1n) is 28.6. The Morgan fingerprint density at radius 1 is 0.738 bits per heavy atom. The Morgan fingerprint density at radius 3 is 1.86 bits per heavy atom. The molecule has 25 nitrogen and oxygen atoms in total. The molecule has 3 aromatic rings. The molecule has 0 saturated carbocycles. The number of benzene rings is 1. The minimum atomic E-state index is -2.04. The first kappa shape index (κ1) is 64.9. The van der Waals surface area contributed by atoms with Gasteiger partial charge in [0.1, 0.15) is 24.5 Å². The number of nitrogens with zero attached hydrogens (tertiary/aromatic N) is 3. The van der Waals surface area contributed by atoms with E-state index in [-0.39, 0.29) is 81.7 Å². The summed E-state index contributed by atoms with van der Waals surface area (Å²) in [4.78, 5) is 108. The number of carbonyl (C=O) groups is 7. The molecule has 26 heteroatoms. The Balaban J connectivity index is 0.701. The minimum absolute atomic E-state index is 0.0184. The topological polar surface area (TPSA) is 309 Å². The lowest BCUT2D eigenvalue weighted by Gasteiger charge is -2.31. The SMILES string of the molecule is CC[C@@]1(O)C(=O)OCc2c1cc1n(c2=O)Cc2c-1nc1cc(F)c(C)c3c1c2[C@@H](NC(=O)[C@@H](C)NC(=O)[C@H](NC(=O)CCOCCOCCOCCOCCOCCOCCOCCOCCNC(=O)CCN1C(=O)C=CC1=O)C(C)C)CC3. The number of aromatic nitrogens is 2. The van der Waals surface area contributed by atoms with E-state index in [2.05, 4.69) is 21.3 Å². The second kappa shape index (κ2) is 31.5. The highest BCUT2D eigenvalue weighted by Crippen LogP contribution is 2.46. The van der Waals surface area contributed by atoms with E-state index in [0.717, 1.165) is 10.5 Å². The van der Waals surface area contributed by atoms with Gasteiger partial charge in [0.05, 0.1) is 141 Å². The number of pyridine rings is 2. The van der Waals surface area contributed by atoms with E-state index < -0.39 is 70.6 Å². The third-order valence-corrected chi connectivity index (χ3v) is 14.8. The van der Waals surface area contributed by atoms with Crippen LogP contribution in [0.2, 0.25) is 0 Å². The van der Waals surface area contributed by atoms with E-state index in [9.17, 15) is 43.5 Å². The fraction of sp³-hybridized carbons (Fsp3) is 0.603. The summed E-state index contributed by atoms with van der Waals surface area (Å²) in [6, 6.07) is 0.296. The predicted molar refractivity (Wildman–Crippen MR) is 297 cm³/mol. The van der Waals surface area contributed by atoms with Gasteiger partial charge in [0, 0.05) is 60.7 Å². The second-order valence-corrected chi connectivity index (χ2v) is 20.8. The highest BCUT2D eigenvalue weighted by Gasteiger charge is 2.46. The molecule has 2 aromatic heterocycles. The number of aliphatic hydroxyl groups is 1. The van der Waals surface area contributed by atoms with Gasteiger partial charge in [0.25, 0.3) is 17.4 Å². The summed E-state index contributed by atoms with van der Waals surface area (Å²) in [7, 11) is 0. The number of carbonyl (C=O) groups excluding carboxylic acids is 7. The van der Waals surface area contributed by atoms with Crippen LogP contribution >= 0.6 is 0 Å². The average molecular weight is 1180 g/mol. The molecule has 0 fully saturated rings. The summed E-state index contributed by atoms with van der Waals surface area (Å²) < 4.78 is 66.2. The maximum Gasteiger partial charge on any atom is 0.343 e. The molecule has 460 valence electrons. The van der Waals surface area contributed by atoms with Crippen molar-refractivity contribution in [3.63, 3.8) is 0 Å². The second-order valence-electron chi connectivity index (χ2n) is 20.8. The average Bonchev–Trinajstić information content (AvgIpc) is 1.51. The maximum atomic E-state index is 15.4. The molecule has 7 rings (SSSR count). The number of ether oxygens (including phenoxy) is 9. The van der Waals surface area contributed by atoms with Gasteiger partial charge in [-0.25, -0.2) is 14.2 Å². The van der Waals surface area contributed by atoms with Crippen LogP contribution in [0.25, 0.3) is 22.3 Å². The van der Waals surface area contributed by atoms with Crippen molar-refractivity contribution in [2.75, 3.05) is 119 Å². The number of hydrogen-bond donors (Lipinski definition) is 5. The van der Waals surface area contributed by atoms with Crippen molar-refractivity contribution in [1.82, 2.24) is 35.7 Å². The summed E-state index contributed by atoms with van der Waals surface area (Å²) >= 11 is 0. The minimum Gasteiger partial charge on any atom is -0.458 e. The van der Waals surface area contributed by atoms with Crippen LogP contribution in [-0.2, 0) is 101 Å². The van der Waals surface area contributed by atoms with Crippen molar-refractivity contribution in [3.8, 4) is 11.4 Å². The lowest BCUT2D eigenvalue weighted by atomic mass is 9.81. The molecule has 5 heterocycles. The molecule has 0 radical (unpaired) electrons. The van der Waals surface area contributed by atoms with E-state index in [0.29, 0.717) is 144 Å². The summed E-state index contributed by atoms with van der Waals surface area (Å²) in [5.74, 6) is -4.21. The lowest BCUT2D eigenvalue weighted by molar-refractivity contribution is -0.172. The monoisotopic (exact) mass is 1180 g/mol. The van der Waals surface area contributed by atoms with Crippen LogP contribution in [0, 0.1) is 18.7 Å². The third-order valence-electron chi connectivity index (χ3n) is 14.8. The number of esters is 1. The zero-order valence-electron chi connectivity index (χ0n) is 48.4. The van der Waals surface area contributed by atoms with E-state index in [1.165, 1.54) is 22.8 Å². The molecule has 4 atom stereocenters. The number of nitrogens with one attached hydrogen (secondary N) is 4. The largest absolute Gasteiger partial charge is 0.458 e. The van der Waals surface area contributed by atoms with Crippen molar-refractivity contribution in [2.45, 2.75) is 104 Å². The van der Waals surface area contributed by atoms with Crippen LogP contribution in [0.3, 0.4) is 0 Å². The third kappa shape index (κ3) is 16.6. The summed E-state index contributed by atoms with van der Waals surface area (Å²) in [6.45, 7) is 14.0. The van der Waals surface area contributed by atoms with Gasteiger partial charge in [-0.1, -0.05) is 20.8 Å². The number of cyclic esters (lactones) is 1. The fourth-order valence-electron chi connectivity index (χ4n) is 10.2. The number of imide groups is 1. The van der Waals surface area contributed by atoms with Crippen LogP contribution in [0.5, 0.6) is 0 Å². The van der Waals surface area contributed by atoms with Crippen molar-refractivity contribution >= 4 is 52.3 Å². The maximum absolute atomic E-state index is 15.4. The van der Waals surface area contributed by atoms with Crippen LogP contribution in [-0.4, -0.2) is 192 Å². The standard InChI is InChI=1S/C58H78FN7O18/c1-6-58(75)41-31-45-53-39(33-66(45)56(73)40(41)34-84-57(58)74)51-43(8-7-38-36(4)42(59)32-44(62-53)50(38)51)63-54(71)37(5)61-55(72)52(35(2)3)64-47(68)12-15-76-17-19-78-21-23-80-25-27-82-29-30-83-28-26-81-24-22-79-20-18-77-16-13-60-46(67)11-14-65-48(69)9-10-49(65)70/h9-10,31-32,35,37,43,52,75H,6-8,11-30,33-34H2,1-5H3,(H,60,67)(H,61,72)(H,63,71)(H,64,68)/t37-,43+,52-,58+/m1/s1. The normalized spacial score (nSPS) is 17.5. The Hall–Kier alpha value is -6.62. The molecule has 0 saturated heterocycles. The molecule has 0 unspecified atom stereocenters. The quantitative estimate of drug-likeness (QED) is 0.0241. The van der Waals surface area contributed by atoms with Crippen molar-refractivity contribution in [1.29, 1.82) is 0 Å². The number of hydrogen-bond acceptors (Lipinski definition) is 19. The van der Waals surface area contributed by atoms with Crippen LogP contribution in [0.4, 0.5) is 4.39 Å². The molecule has 0 bridgehead atoms. The van der Waals surface area contributed by atoms with E-state index in [1.807, 2.05) is 0 Å². The number of halogens is 1. The van der Waals surface area contributed by atoms with Gasteiger partial charge in [0.15, 0.2) is 5.60 Å². The van der Waals surface area contributed by atoms with Gasteiger partial charge < -0.3 is 73.6 Å². The molecule has 1 aromatic carbocycles. The van der Waals surface area contributed by atoms with Crippen molar-refractivity contribution in [3.05, 3.63) is 73.8 Å². The Bertz CT molecular complexity index is 2940. The zero-order chi connectivity index (χ0) is 60.3. The van der Waals surface area contributed by atoms with Crippen molar-refractivity contribution in [2.24, 2.45) is 5.92 Å². The highest BCUT2D eigenvalue weighted by molar-refractivity contribution is 6.13. The Labute approximate surface area is 485 Å². The first-order chi connectivity index (χ1) is 40.4. The molecule has 1 aliphatic carbocycles. The molecule has 6 amide bonds. The Kier molecular flexibility index (Phi) is 24.3. The molecule has 5 N–H and O–H groups in total. The highest BCUT2D eigenvalue weighted by atomic mass is 19.1. The first-order valence-corrected chi connectivity index (χ1v) is 28.6. The van der Waals surface area contributed by atoms with Gasteiger partial charge in [-0.2, -0.15) is 0 Å². The molecular formula is C58H78FN7O18. The van der Waals surface area contributed by atoms with E-state index in [4.69, 9.17) is 47.6 Å². The van der Waals surface area contributed by atoms with Crippen molar-refractivity contribution < 1.29 is 85.7 Å². The van der Waals surface area contributed by atoms with E-state index in [1.54, 1.807) is 40.7 Å². The number of rotatable bonds is 37. The number of amides is 6. The number of fused-ring (bicyclic) bond motifs is 5. The van der Waals surface area contributed by atoms with Gasteiger partial charge >= 0.3 is 5.97 Å².